The number of hydrogen-bond acceptors (Lipinski definition) is 16. The Morgan fingerprint density at radius 3 is 1.47 bits per heavy atom. The zero-order valence-corrected chi connectivity index (χ0v) is 39.6. The number of esters is 3. The molecule has 0 radical (unpaired) electrons. The summed E-state index contributed by atoms with van der Waals surface area (Å²) in [5.74, 6) is 4.38. The van der Waals surface area contributed by atoms with Gasteiger partial charge in [0.25, 0.3) is 0 Å². The molecule has 0 aliphatic rings. The lowest BCUT2D eigenvalue weighted by Gasteiger charge is -2.26. The molecule has 3 unspecified atom stereocenters. The van der Waals surface area contributed by atoms with Gasteiger partial charge >= 0.3 is 17.9 Å². The Morgan fingerprint density at radius 2 is 1.02 bits per heavy atom. The van der Waals surface area contributed by atoms with Crippen molar-refractivity contribution in [3.05, 3.63) is 90.0 Å². The average Bonchev–Trinajstić information content (AvgIpc) is 3.31. The molecule has 0 spiro atoms. The van der Waals surface area contributed by atoms with Crippen LogP contribution in [-0.2, 0) is 34.0 Å². The minimum Gasteiger partial charge on any atom is -0.491 e. The quantitative estimate of drug-likeness (QED) is 0.0329. The highest BCUT2D eigenvalue weighted by Crippen LogP contribution is 2.33. The van der Waals surface area contributed by atoms with Crippen LogP contribution in [0.1, 0.15) is 64.5 Å². The van der Waals surface area contributed by atoms with Gasteiger partial charge in [-0.15, -0.1) is 0 Å². The standard InChI is InChI=1S/C48H70N2O12S2/c1-5-49-24-10-25-50(26-21-45(54)60-34-39(51)31-57-42-11-8-7-9-12-42)27-22-46(55)61-35-40(52)32-58-43-17-13-37(14-18-43)48(3,4)38-15-19-44(20-16-38)59-33-41(53)36-62-47(56)23-28-64-30-29-63-6-2/h7-9,11-20,39-41,49,51-53H,5-6,10,21-36H2,1-4H3. The molecule has 0 amide bonds. The highest BCUT2D eigenvalue weighted by molar-refractivity contribution is 8.02. The van der Waals surface area contributed by atoms with Crippen molar-refractivity contribution >= 4 is 41.4 Å². The Labute approximate surface area is 388 Å². The lowest BCUT2D eigenvalue weighted by atomic mass is 9.78. The van der Waals surface area contributed by atoms with Crippen molar-refractivity contribution in [2.75, 3.05) is 95.4 Å². The zero-order chi connectivity index (χ0) is 46.4. The van der Waals surface area contributed by atoms with Crippen molar-refractivity contribution in [3.8, 4) is 17.2 Å². The van der Waals surface area contributed by atoms with E-state index in [1.807, 2.05) is 90.3 Å². The third-order valence-corrected chi connectivity index (χ3v) is 12.0. The summed E-state index contributed by atoms with van der Waals surface area (Å²) in [6, 6.07) is 24.3. The molecule has 64 heavy (non-hydrogen) atoms. The number of carbonyl (C=O) groups is 3. The molecule has 0 fully saturated rings. The highest BCUT2D eigenvalue weighted by Gasteiger charge is 2.24. The van der Waals surface area contributed by atoms with E-state index in [4.69, 9.17) is 28.4 Å². The van der Waals surface area contributed by atoms with Crippen molar-refractivity contribution in [1.29, 1.82) is 0 Å². The molecule has 356 valence electrons. The summed E-state index contributed by atoms with van der Waals surface area (Å²) in [5.41, 5.74) is 1.72. The van der Waals surface area contributed by atoms with Crippen LogP contribution in [-0.4, -0.2) is 152 Å². The summed E-state index contributed by atoms with van der Waals surface area (Å²) in [4.78, 5) is 39.1. The molecule has 0 heterocycles. The molecule has 3 rings (SSSR count). The van der Waals surface area contributed by atoms with E-state index in [1.165, 1.54) is 0 Å². The number of aliphatic hydroxyl groups is 3. The molecule has 16 heteroatoms. The Morgan fingerprint density at radius 1 is 0.578 bits per heavy atom. The van der Waals surface area contributed by atoms with Crippen LogP contribution >= 0.6 is 23.5 Å². The number of carbonyl (C=O) groups excluding carboxylic acids is 3. The first kappa shape index (κ1) is 54.3. The molecule has 0 saturated heterocycles. The fourth-order valence-corrected chi connectivity index (χ4v) is 7.83. The molecular weight excluding hydrogens is 861 g/mol. The molecule has 0 saturated carbocycles. The van der Waals surface area contributed by atoms with Crippen LogP contribution in [0.2, 0.25) is 0 Å². The van der Waals surface area contributed by atoms with Gasteiger partial charge in [-0.2, -0.15) is 23.5 Å². The number of rotatable bonds is 35. The Balaban J connectivity index is 1.34. The van der Waals surface area contributed by atoms with Crippen molar-refractivity contribution in [2.45, 2.75) is 77.1 Å². The van der Waals surface area contributed by atoms with Crippen LogP contribution < -0.4 is 19.5 Å². The molecule has 3 atom stereocenters. The second kappa shape index (κ2) is 31.8. The van der Waals surface area contributed by atoms with Crippen molar-refractivity contribution in [2.24, 2.45) is 0 Å². The van der Waals surface area contributed by atoms with Gasteiger partial charge in [0.05, 0.1) is 19.3 Å². The SMILES string of the molecule is CCNCCCN(CCC(=O)OCC(O)COc1ccccc1)CCC(=O)OCC(O)COc1ccc(C(C)(C)c2ccc(OCC(O)COC(=O)CCSCCSCC)cc2)cc1. The van der Waals surface area contributed by atoms with Crippen LogP contribution in [0.25, 0.3) is 0 Å². The van der Waals surface area contributed by atoms with Crippen LogP contribution in [0.15, 0.2) is 78.9 Å². The van der Waals surface area contributed by atoms with Crippen molar-refractivity contribution in [1.82, 2.24) is 10.2 Å². The first-order chi connectivity index (χ1) is 30.9. The Bertz CT molecular complexity index is 1720. The van der Waals surface area contributed by atoms with Crippen molar-refractivity contribution < 1.29 is 58.1 Å². The minimum atomic E-state index is -1.04. The lowest BCUT2D eigenvalue weighted by molar-refractivity contribution is -0.148. The summed E-state index contributed by atoms with van der Waals surface area (Å²) in [7, 11) is 0. The van der Waals surface area contributed by atoms with Crippen LogP contribution in [0.5, 0.6) is 17.2 Å². The molecular formula is C48H70N2O12S2. The van der Waals surface area contributed by atoms with E-state index in [9.17, 15) is 29.7 Å². The molecule has 0 aliphatic heterocycles. The summed E-state index contributed by atoms with van der Waals surface area (Å²) in [6.07, 6.45) is -1.64. The maximum Gasteiger partial charge on any atom is 0.307 e. The monoisotopic (exact) mass is 930 g/mol. The second-order valence-electron chi connectivity index (χ2n) is 15.5. The van der Waals surface area contributed by atoms with Gasteiger partial charge in [0, 0.05) is 35.8 Å². The number of hydrogen-bond donors (Lipinski definition) is 4. The van der Waals surface area contributed by atoms with Crippen LogP contribution in [0.4, 0.5) is 0 Å². The molecule has 0 aromatic heterocycles. The van der Waals surface area contributed by atoms with Crippen molar-refractivity contribution in [3.63, 3.8) is 0 Å². The van der Waals surface area contributed by atoms with E-state index in [-0.39, 0.29) is 63.9 Å². The lowest BCUT2D eigenvalue weighted by Crippen LogP contribution is -2.33. The van der Waals surface area contributed by atoms with Crippen LogP contribution in [0.3, 0.4) is 0 Å². The van der Waals surface area contributed by atoms with Gasteiger partial charge in [0.1, 0.15) is 75.2 Å². The van der Waals surface area contributed by atoms with Crippen LogP contribution in [0, 0.1) is 0 Å². The maximum atomic E-state index is 12.6. The first-order valence-corrected chi connectivity index (χ1v) is 24.4. The average molecular weight is 931 g/mol. The smallest absolute Gasteiger partial charge is 0.307 e. The minimum absolute atomic E-state index is 0.00298. The molecule has 4 N–H and O–H groups in total. The number of benzene rings is 3. The third-order valence-electron chi connectivity index (χ3n) is 9.90. The Hall–Kier alpha value is -4.03. The zero-order valence-electron chi connectivity index (χ0n) is 38.0. The summed E-state index contributed by atoms with van der Waals surface area (Å²) < 4.78 is 32.8. The molecule has 0 aliphatic carbocycles. The largest absolute Gasteiger partial charge is 0.491 e. The van der Waals surface area contributed by atoms with Gasteiger partial charge in [-0.05, 0) is 79.3 Å². The molecule has 3 aromatic carbocycles. The molecule has 0 bridgehead atoms. The third kappa shape index (κ3) is 23.2. The van der Waals surface area contributed by atoms with E-state index < -0.39 is 30.3 Å². The number of nitrogens with zero attached hydrogens (tertiary/aromatic N) is 1. The van der Waals surface area contributed by atoms with Gasteiger partial charge in [-0.3, -0.25) is 14.4 Å². The first-order valence-electron chi connectivity index (χ1n) is 22.1. The number of ether oxygens (including phenoxy) is 6. The highest BCUT2D eigenvalue weighted by atomic mass is 32.2. The van der Waals surface area contributed by atoms with Gasteiger partial charge in [0.15, 0.2) is 0 Å². The van der Waals surface area contributed by atoms with Gasteiger partial charge < -0.3 is 54.0 Å². The predicted molar refractivity (Wildman–Crippen MR) is 253 cm³/mol. The van der Waals surface area contributed by atoms with E-state index >= 15 is 0 Å². The normalized spacial score (nSPS) is 12.9. The second-order valence-corrected chi connectivity index (χ2v) is 18.2. The summed E-state index contributed by atoms with van der Waals surface area (Å²) in [5, 5.41) is 34.2. The maximum absolute atomic E-state index is 12.6. The predicted octanol–water partition coefficient (Wildman–Crippen LogP) is 5.52. The topological polar surface area (TPSA) is 183 Å². The fourth-order valence-electron chi connectivity index (χ4n) is 6.08. The fraction of sp³-hybridized carbons (Fsp3) is 0.562. The number of para-hydroxylation sites is 1. The van der Waals surface area contributed by atoms with Gasteiger partial charge in [0.2, 0.25) is 0 Å². The van der Waals surface area contributed by atoms with E-state index in [0.29, 0.717) is 49.1 Å². The Kier molecular flexibility index (Phi) is 27.0. The van der Waals surface area contributed by atoms with E-state index in [1.54, 1.807) is 23.9 Å². The number of nitrogens with one attached hydrogen (secondary N) is 1. The molecule has 3 aromatic rings. The number of aliphatic hydroxyl groups excluding tert-OH is 3. The van der Waals surface area contributed by atoms with Gasteiger partial charge in [-0.1, -0.05) is 70.2 Å². The van der Waals surface area contributed by atoms with Gasteiger partial charge in [-0.25, -0.2) is 0 Å². The summed E-state index contributed by atoms with van der Waals surface area (Å²) >= 11 is 3.60. The van der Waals surface area contributed by atoms with E-state index in [2.05, 4.69) is 26.1 Å². The summed E-state index contributed by atoms with van der Waals surface area (Å²) in [6.45, 7) is 10.8. The van der Waals surface area contributed by atoms with E-state index in [0.717, 1.165) is 47.9 Å². The molecule has 14 nitrogen and oxygen atoms in total. The number of thioether (sulfide) groups is 2.